The van der Waals surface area contributed by atoms with E-state index in [1.54, 1.807) is 17.6 Å². The zero-order chi connectivity index (χ0) is 19.3. The highest BCUT2D eigenvalue weighted by molar-refractivity contribution is 7.09. The highest BCUT2D eigenvalue weighted by atomic mass is 32.1. The average molecular weight is 388 g/mol. The molecule has 4 aromatic rings. The lowest BCUT2D eigenvalue weighted by Gasteiger charge is -2.08. The zero-order valence-corrected chi connectivity index (χ0v) is 16.7. The van der Waals surface area contributed by atoms with Crippen LogP contribution in [0.1, 0.15) is 23.1 Å². The van der Waals surface area contributed by atoms with Crippen molar-refractivity contribution in [2.75, 3.05) is 0 Å². The minimum Gasteiger partial charge on any atom is -0.467 e. The first-order valence-corrected chi connectivity index (χ1v) is 9.96. The van der Waals surface area contributed by atoms with Crippen LogP contribution in [0, 0.1) is 6.92 Å². The molecule has 5 heteroatoms. The Morgan fingerprint density at radius 3 is 2.36 bits per heavy atom. The first-order valence-electron chi connectivity index (χ1n) is 9.14. The predicted molar refractivity (Wildman–Crippen MR) is 115 cm³/mol. The molecule has 28 heavy (non-hydrogen) atoms. The predicted octanol–water partition coefficient (Wildman–Crippen LogP) is 5.49. The van der Waals surface area contributed by atoms with Gasteiger partial charge in [0.1, 0.15) is 5.76 Å². The molecule has 4 rings (SSSR count). The van der Waals surface area contributed by atoms with E-state index in [-0.39, 0.29) is 0 Å². The third-order valence-electron chi connectivity index (χ3n) is 4.50. The van der Waals surface area contributed by atoms with E-state index in [2.05, 4.69) is 46.0 Å². The summed E-state index contributed by atoms with van der Waals surface area (Å²) in [5.41, 5.74) is 4.26. The Hall–Kier alpha value is -3.18. The van der Waals surface area contributed by atoms with Crippen molar-refractivity contribution in [2.24, 2.45) is 10.2 Å². The summed E-state index contributed by atoms with van der Waals surface area (Å²) in [7, 11) is 0. The van der Waals surface area contributed by atoms with Gasteiger partial charge in [0.2, 0.25) is 4.80 Å². The molecule has 2 heterocycles. The quantitative estimate of drug-likeness (QED) is 0.330. The Bertz CT molecular complexity index is 1140. The SMILES string of the molecule is CC(=NN=c1sc(C)c(-c2ccccc2)n1Cc1ccco1)c1ccccc1. The molecule has 2 aromatic carbocycles. The average Bonchev–Trinajstić information content (AvgIpc) is 3.35. The molecule has 0 aliphatic rings. The van der Waals surface area contributed by atoms with Crippen molar-refractivity contribution < 1.29 is 4.42 Å². The van der Waals surface area contributed by atoms with Gasteiger partial charge in [-0.05, 0) is 37.1 Å². The maximum absolute atomic E-state index is 5.59. The largest absolute Gasteiger partial charge is 0.467 e. The summed E-state index contributed by atoms with van der Waals surface area (Å²) in [4.78, 5) is 2.05. The second-order valence-corrected chi connectivity index (χ2v) is 7.65. The lowest BCUT2D eigenvalue weighted by atomic mass is 10.1. The number of hydrogen-bond donors (Lipinski definition) is 0. The fourth-order valence-corrected chi connectivity index (χ4v) is 4.06. The van der Waals surface area contributed by atoms with Crippen molar-refractivity contribution in [3.63, 3.8) is 0 Å². The van der Waals surface area contributed by atoms with Gasteiger partial charge in [0.15, 0.2) is 0 Å². The summed E-state index contributed by atoms with van der Waals surface area (Å²) < 4.78 is 7.77. The highest BCUT2D eigenvalue weighted by Crippen LogP contribution is 2.26. The Morgan fingerprint density at radius 1 is 0.964 bits per heavy atom. The van der Waals surface area contributed by atoms with Crippen LogP contribution >= 0.6 is 11.3 Å². The Labute approximate surface area is 168 Å². The lowest BCUT2D eigenvalue weighted by Crippen LogP contribution is -2.16. The lowest BCUT2D eigenvalue weighted by molar-refractivity contribution is 0.491. The fourth-order valence-electron chi connectivity index (χ4n) is 3.12. The van der Waals surface area contributed by atoms with Crippen molar-refractivity contribution in [1.82, 2.24) is 4.57 Å². The number of thiazole rings is 1. The second kappa shape index (κ2) is 8.23. The smallest absolute Gasteiger partial charge is 0.211 e. The molecule has 0 spiro atoms. The number of rotatable bonds is 5. The standard InChI is InChI=1S/C23H21N3OS/c1-17(19-10-5-3-6-11-19)24-25-23-26(16-21-14-9-15-27-21)22(18(2)28-23)20-12-7-4-8-13-20/h3-15H,16H2,1-2H3. The summed E-state index contributed by atoms with van der Waals surface area (Å²) in [6.07, 6.45) is 1.70. The van der Waals surface area contributed by atoms with Gasteiger partial charge in [-0.25, -0.2) is 0 Å². The number of hydrogen-bond acceptors (Lipinski definition) is 4. The number of aryl methyl sites for hydroxylation is 1. The third kappa shape index (κ3) is 3.89. The molecule has 0 N–H and O–H groups in total. The number of nitrogens with zero attached hydrogens (tertiary/aromatic N) is 3. The molecule has 2 aromatic heterocycles. The molecule has 0 bridgehead atoms. The van der Waals surface area contributed by atoms with Crippen molar-refractivity contribution in [3.8, 4) is 11.3 Å². The van der Waals surface area contributed by atoms with Gasteiger partial charge in [-0.15, -0.1) is 5.10 Å². The second-order valence-electron chi connectivity index (χ2n) is 6.47. The summed E-state index contributed by atoms with van der Waals surface area (Å²) in [5, 5.41) is 9.10. The van der Waals surface area contributed by atoms with Gasteiger partial charge in [0.25, 0.3) is 0 Å². The van der Waals surface area contributed by atoms with Crippen molar-refractivity contribution >= 4 is 17.0 Å². The van der Waals surface area contributed by atoms with Gasteiger partial charge < -0.3 is 8.98 Å². The Kier molecular flexibility index (Phi) is 5.35. The molecule has 0 atom stereocenters. The van der Waals surface area contributed by atoms with E-state index in [0.29, 0.717) is 6.54 Å². The molecule has 0 amide bonds. The maximum Gasteiger partial charge on any atom is 0.211 e. The molecule has 0 saturated heterocycles. The van der Waals surface area contributed by atoms with Gasteiger partial charge in [-0.1, -0.05) is 72.0 Å². The number of aromatic nitrogens is 1. The van der Waals surface area contributed by atoms with Crippen LogP contribution in [0.25, 0.3) is 11.3 Å². The van der Waals surface area contributed by atoms with Crippen molar-refractivity contribution in [1.29, 1.82) is 0 Å². The zero-order valence-electron chi connectivity index (χ0n) is 15.9. The first kappa shape index (κ1) is 18.2. The van der Waals surface area contributed by atoms with Crippen LogP contribution < -0.4 is 4.80 Å². The van der Waals surface area contributed by atoms with E-state index in [0.717, 1.165) is 33.1 Å². The van der Waals surface area contributed by atoms with E-state index in [4.69, 9.17) is 4.42 Å². The Morgan fingerprint density at radius 2 is 1.68 bits per heavy atom. The fraction of sp³-hybridized carbons (Fsp3) is 0.130. The molecule has 0 fully saturated rings. The third-order valence-corrected chi connectivity index (χ3v) is 5.48. The molecule has 140 valence electrons. The summed E-state index contributed by atoms with van der Waals surface area (Å²) in [6, 6.07) is 24.4. The van der Waals surface area contributed by atoms with Crippen molar-refractivity contribution in [3.05, 3.63) is 100 Å². The molecular weight excluding hydrogens is 366 g/mol. The highest BCUT2D eigenvalue weighted by Gasteiger charge is 2.14. The van der Waals surface area contributed by atoms with Gasteiger partial charge >= 0.3 is 0 Å². The van der Waals surface area contributed by atoms with E-state index >= 15 is 0 Å². The topological polar surface area (TPSA) is 42.8 Å². The molecule has 0 aliphatic carbocycles. The van der Waals surface area contributed by atoms with Gasteiger partial charge in [0, 0.05) is 4.88 Å². The molecule has 0 radical (unpaired) electrons. The molecule has 0 unspecified atom stereocenters. The van der Waals surface area contributed by atoms with Crippen molar-refractivity contribution in [2.45, 2.75) is 20.4 Å². The van der Waals surface area contributed by atoms with Gasteiger partial charge in [-0.2, -0.15) is 5.10 Å². The first-order chi connectivity index (χ1) is 13.7. The van der Waals surface area contributed by atoms with Crippen LogP contribution in [0.3, 0.4) is 0 Å². The van der Waals surface area contributed by atoms with E-state index in [1.165, 1.54) is 4.88 Å². The minimum atomic E-state index is 0.611. The van der Waals surface area contributed by atoms with Crippen LogP contribution in [0.4, 0.5) is 0 Å². The Balaban J connectivity index is 1.83. The summed E-state index contributed by atoms with van der Waals surface area (Å²) in [6.45, 7) is 4.72. The van der Waals surface area contributed by atoms with E-state index in [1.807, 2.05) is 55.5 Å². The number of benzene rings is 2. The number of furan rings is 1. The maximum atomic E-state index is 5.59. The summed E-state index contributed by atoms with van der Waals surface area (Å²) in [5.74, 6) is 0.889. The molecule has 0 saturated carbocycles. The van der Waals surface area contributed by atoms with Gasteiger partial charge in [-0.3, -0.25) is 0 Å². The van der Waals surface area contributed by atoms with Gasteiger partial charge in [0.05, 0.1) is 24.2 Å². The van der Waals surface area contributed by atoms with E-state index in [9.17, 15) is 0 Å². The minimum absolute atomic E-state index is 0.611. The molecule has 0 aliphatic heterocycles. The normalized spacial score (nSPS) is 12.5. The molecular formula is C23H21N3OS. The van der Waals surface area contributed by atoms with Crippen LogP contribution in [0.2, 0.25) is 0 Å². The monoisotopic (exact) mass is 387 g/mol. The summed E-state index contributed by atoms with van der Waals surface area (Å²) >= 11 is 1.64. The van der Waals surface area contributed by atoms with Crippen LogP contribution in [0.15, 0.2) is 93.7 Å². The van der Waals surface area contributed by atoms with Crippen LogP contribution in [-0.2, 0) is 6.54 Å². The van der Waals surface area contributed by atoms with E-state index < -0.39 is 0 Å². The molecule has 4 nitrogen and oxygen atoms in total. The van der Waals surface area contributed by atoms with Crippen LogP contribution in [0.5, 0.6) is 0 Å². The van der Waals surface area contributed by atoms with Crippen LogP contribution in [-0.4, -0.2) is 10.3 Å².